The Bertz CT molecular complexity index is 310. The molecule has 0 amide bonds. The van der Waals surface area contributed by atoms with E-state index >= 15 is 0 Å². The number of rotatable bonds is 2. The number of methoxy groups -OCH3 is 1. The summed E-state index contributed by atoms with van der Waals surface area (Å²) in [6, 6.07) is 4.60. The average Bonchev–Trinajstić information content (AvgIpc) is 2.49. The lowest BCUT2D eigenvalue weighted by Crippen LogP contribution is -2.07. The highest BCUT2D eigenvalue weighted by molar-refractivity contribution is 5.40. The zero-order chi connectivity index (χ0) is 9.26. The number of fused-ring (bicyclic) bond motifs is 1. The zero-order valence-electron chi connectivity index (χ0n) is 7.42. The van der Waals surface area contributed by atoms with Crippen molar-refractivity contribution in [1.29, 1.82) is 0 Å². The van der Waals surface area contributed by atoms with Crippen LogP contribution in [0.15, 0.2) is 18.2 Å². The van der Waals surface area contributed by atoms with Crippen molar-refractivity contribution in [1.82, 2.24) is 0 Å². The van der Waals surface area contributed by atoms with E-state index in [0.29, 0.717) is 13.2 Å². The number of hydrogen-bond donors (Lipinski definition) is 0. The van der Waals surface area contributed by atoms with Gasteiger partial charge in [0.25, 0.3) is 0 Å². The fourth-order valence-electron chi connectivity index (χ4n) is 1.59. The van der Waals surface area contributed by atoms with Gasteiger partial charge in [-0.05, 0) is 18.2 Å². The Morgan fingerprint density at radius 2 is 2.46 bits per heavy atom. The van der Waals surface area contributed by atoms with Gasteiger partial charge in [-0.1, -0.05) is 0 Å². The van der Waals surface area contributed by atoms with Crippen molar-refractivity contribution in [3.8, 4) is 5.75 Å². The maximum Gasteiger partial charge on any atom is 0.123 e. The molecule has 1 heterocycles. The Morgan fingerprint density at radius 1 is 1.62 bits per heavy atom. The second kappa shape index (κ2) is 3.34. The molecule has 1 aromatic carbocycles. The lowest BCUT2D eigenvalue weighted by Gasteiger charge is -2.05. The first-order valence-electron chi connectivity index (χ1n) is 4.22. The summed E-state index contributed by atoms with van der Waals surface area (Å²) in [7, 11) is 1.64. The molecule has 3 heteroatoms. The van der Waals surface area contributed by atoms with E-state index in [1.165, 1.54) is 12.1 Å². The molecule has 0 fully saturated rings. The van der Waals surface area contributed by atoms with Gasteiger partial charge >= 0.3 is 0 Å². The van der Waals surface area contributed by atoms with Crippen molar-refractivity contribution in [3.05, 3.63) is 29.6 Å². The third-order valence-corrected chi connectivity index (χ3v) is 2.22. The molecule has 1 aromatic rings. The van der Waals surface area contributed by atoms with E-state index in [-0.39, 0.29) is 11.7 Å². The van der Waals surface area contributed by atoms with Gasteiger partial charge in [0.05, 0.1) is 13.2 Å². The largest absolute Gasteiger partial charge is 0.493 e. The molecule has 0 unspecified atom stereocenters. The minimum absolute atomic E-state index is 0.177. The van der Waals surface area contributed by atoms with Crippen LogP contribution in [0.1, 0.15) is 11.5 Å². The number of hydrogen-bond acceptors (Lipinski definition) is 2. The van der Waals surface area contributed by atoms with Crippen LogP contribution in [-0.4, -0.2) is 20.3 Å². The smallest absolute Gasteiger partial charge is 0.123 e. The lowest BCUT2D eigenvalue weighted by atomic mass is 10.0. The first kappa shape index (κ1) is 8.51. The minimum atomic E-state index is -0.217. The van der Waals surface area contributed by atoms with E-state index in [1.54, 1.807) is 13.2 Å². The summed E-state index contributed by atoms with van der Waals surface area (Å²) in [4.78, 5) is 0. The standard InChI is InChI=1S/C10H11FO2/c1-12-5-7-6-13-10-3-2-8(11)4-9(7)10/h2-4,7H,5-6H2,1H3/t7-/m1/s1. The molecule has 0 aromatic heterocycles. The van der Waals surface area contributed by atoms with Crippen LogP contribution in [-0.2, 0) is 4.74 Å². The molecule has 1 aliphatic heterocycles. The van der Waals surface area contributed by atoms with Crippen molar-refractivity contribution < 1.29 is 13.9 Å². The van der Waals surface area contributed by atoms with Gasteiger partial charge in [0.2, 0.25) is 0 Å². The summed E-state index contributed by atoms with van der Waals surface area (Å²) < 4.78 is 23.3. The second-order valence-electron chi connectivity index (χ2n) is 3.15. The number of halogens is 1. The summed E-state index contributed by atoms with van der Waals surface area (Å²) in [6.45, 7) is 1.17. The molecule has 0 N–H and O–H groups in total. The number of benzene rings is 1. The van der Waals surface area contributed by atoms with Crippen molar-refractivity contribution >= 4 is 0 Å². The van der Waals surface area contributed by atoms with Gasteiger partial charge in [-0.3, -0.25) is 0 Å². The third-order valence-electron chi connectivity index (χ3n) is 2.22. The van der Waals surface area contributed by atoms with E-state index in [9.17, 15) is 4.39 Å². The quantitative estimate of drug-likeness (QED) is 0.696. The summed E-state index contributed by atoms with van der Waals surface area (Å²) in [5.41, 5.74) is 0.918. The molecule has 1 atom stereocenters. The second-order valence-corrected chi connectivity index (χ2v) is 3.15. The Morgan fingerprint density at radius 3 is 3.23 bits per heavy atom. The molecular formula is C10H11FO2. The van der Waals surface area contributed by atoms with Crippen molar-refractivity contribution in [3.63, 3.8) is 0 Å². The molecule has 2 rings (SSSR count). The van der Waals surface area contributed by atoms with Crippen molar-refractivity contribution in [2.24, 2.45) is 0 Å². The van der Waals surface area contributed by atoms with Crippen LogP contribution in [0.5, 0.6) is 5.75 Å². The highest BCUT2D eigenvalue weighted by atomic mass is 19.1. The first-order chi connectivity index (χ1) is 6.31. The van der Waals surface area contributed by atoms with Crippen LogP contribution in [0.2, 0.25) is 0 Å². The van der Waals surface area contributed by atoms with Gasteiger partial charge in [0.15, 0.2) is 0 Å². The van der Waals surface area contributed by atoms with Crippen LogP contribution >= 0.6 is 0 Å². The molecule has 1 aliphatic rings. The molecule has 0 bridgehead atoms. The maximum atomic E-state index is 12.9. The highest BCUT2D eigenvalue weighted by Gasteiger charge is 2.24. The van der Waals surface area contributed by atoms with Crippen molar-refractivity contribution in [2.45, 2.75) is 5.92 Å². The highest BCUT2D eigenvalue weighted by Crippen LogP contribution is 2.34. The molecular weight excluding hydrogens is 171 g/mol. The van der Waals surface area contributed by atoms with Crippen LogP contribution in [0.3, 0.4) is 0 Å². The fourth-order valence-corrected chi connectivity index (χ4v) is 1.59. The van der Waals surface area contributed by atoms with Gasteiger partial charge in [-0.25, -0.2) is 4.39 Å². The monoisotopic (exact) mass is 182 g/mol. The van der Waals surface area contributed by atoms with Gasteiger partial charge in [0.1, 0.15) is 11.6 Å². The van der Waals surface area contributed by atoms with E-state index in [1.807, 2.05) is 0 Å². The zero-order valence-corrected chi connectivity index (χ0v) is 7.42. The molecule has 0 spiro atoms. The van der Waals surface area contributed by atoms with E-state index in [2.05, 4.69) is 0 Å². The Labute approximate surface area is 76.3 Å². The normalized spacial score (nSPS) is 19.7. The molecule has 2 nitrogen and oxygen atoms in total. The van der Waals surface area contributed by atoms with Crippen LogP contribution < -0.4 is 4.74 Å². The predicted octanol–water partition coefficient (Wildman–Crippen LogP) is 1.95. The SMILES string of the molecule is COC[C@@H]1COc2ccc(F)cc21. The molecule has 0 saturated carbocycles. The Balaban J connectivity index is 2.29. The fraction of sp³-hybridized carbons (Fsp3) is 0.400. The lowest BCUT2D eigenvalue weighted by molar-refractivity contribution is 0.166. The van der Waals surface area contributed by atoms with E-state index in [0.717, 1.165) is 11.3 Å². The maximum absolute atomic E-state index is 12.9. The average molecular weight is 182 g/mol. The first-order valence-corrected chi connectivity index (χ1v) is 4.22. The van der Waals surface area contributed by atoms with Gasteiger partial charge in [-0.15, -0.1) is 0 Å². The number of ether oxygens (including phenoxy) is 2. The molecule has 70 valence electrons. The minimum Gasteiger partial charge on any atom is -0.493 e. The van der Waals surface area contributed by atoms with E-state index in [4.69, 9.17) is 9.47 Å². The summed E-state index contributed by atoms with van der Waals surface area (Å²) in [5, 5.41) is 0. The molecule has 0 aliphatic carbocycles. The summed E-state index contributed by atoms with van der Waals surface area (Å²) >= 11 is 0. The van der Waals surface area contributed by atoms with Crippen molar-refractivity contribution in [2.75, 3.05) is 20.3 Å². The van der Waals surface area contributed by atoms with Crippen LogP contribution in [0.4, 0.5) is 4.39 Å². The predicted molar refractivity (Wildman–Crippen MR) is 46.5 cm³/mol. The van der Waals surface area contributed by atoms with Gasteiger partial charge in [-0.2, -0.15) is 0 Å². The Hall–Kier alpha value is -1.09. The Kier molecular flexibility index (Phi) is 2.19. The summed E-state index contributed by atoms with van der Waals surface area (Å²) in [6.07, 6.45) is 0. The molecule has 0 radical (unpaired) electrons. The topological polar surface area (TPSA) is 18.5 Å². The van der Waals surface area contributed by atoms with Crippen LogP contribution in [0, 0.1) is 5.82 Å². The van der Waals surface area contributed by atoms with Gasteiger partial charge < -0.3 is 9.47 Å². The van der Waals surface area contributed by atoms with Crippen LogP contribution in [0.25, 0.3) is 0 Å². The molecule has 13 heavy (non-hydrogen) atoms. The molecule has 0 saturated heterocycles. The van der Waals surface area contributed by atoms with E-state index < -0.39 is 0 Å². The summed E-state index contributed by atoms with van der Waals surface area (Å²) in [5.74, 6) is 0.740. The third kappa shape index (κ3) is 1.52. The van der Waals surface area contributed by atoms with Gasteiger partial charge in [0, 0.05) is 18.6 Å².